The molecule has 0 amide bonds. The molecule has 6 rings (SSSR count). The molecule has 4 aromatic heterocycles. The van der Waals surface area contributed by atoms with Gasteiger partial charge in [-0.1, -0.05) is 6.07 Å². The third kappa shape index (κ3) is 2.77. The third-order valence-corrected chi connectivity index (χ3v) is 6.05. The van der Waals surface area contributed by atoms with Crippen LogP contribution in [-0.2, 0) is 7.05 Å². The molecule has 154 valence electrons. The Kier molecular flexibility index (Phi) is 3.97. The molecule has 1 saturated heterocycles. The van der Waals surface area contributed by atoms with Gasteiger partial charge in [0.05, 0.1) is 28.8 Å². The van der Waals surface area contributed by atoms with E-state index in [0.717, 1.165) is 52.6 Å². The van der Waals surface area contributed by atoms with Crippen LogP contribution in [0.25, 0.3) is 38.9 Å². The van der Waals surface area contributed by atoms with Crippen LogP contribution in [0.4, 0.5) is 0 Å². The van der Waals surface area contributed by atoms with Gasteiger partial charge in [-0.05, 0) is 42.8 Å². The Hall–Kier alpha value is -3.85. The third-order valence-electron chi connectivity index (χ3n) is 6.05. The maximum absolute atomic E-state index is 13.1. The van der Waals surface area contributed by atoms with E-state index in [0.29, 0.717) is 5.82 Å². The Balaban J connectivity index is 1.54. The van der Waals surface area contributed by atoms with E-state index >= 15 is 0 Å². The zero-order valence-corrected chi connectivity index (χ0v) is 16.9. The largest absolute Gasteiger partial charge is 0.329 e. The zero-order chi connectivity index (χ0) is 20.9. The van der Waals surface area contributed by atoms with Gasteiger partial charge in [-0.15, -0.1) is 0 Å². The summed E-state index contributed by atoms with van der Waals surface area (Å²) >= 11 is 0. The summed E-state index contributed by atoms with van der Waals surface area (Å²) in [6, 6.07) is 10.2. The van der Waals surface area contributed by atoms with Gasteiger partial charge >= 0.3 is 5.69 Å². The van der Waals surface area contributed by atoms with Crippen molar-refractivity contribution < 1.29 is 0 Å². The van der Waals surface area contributed by atoms with E-state index < -0.39 is 0 Å². The van der Waals surface area contributed by atoms with E-state index in [1.54, 1.807) is 21.8 Å². The highest BCUT2D eigenvalue weighted by atomic mass is 16.1. The van der Waals surface area contributed by atoms with Gasteiger partial charge in [-0.2, -0.15) is 5.10 Å². The fraction of sp³-hybridized carbons (Fsp3) is 0.227. The van der Waals surface area contributed by atoms with Crippen LogP contribution in [0.1, 0.15) is 12.5 Å². The number of hydrogen-bond acceptors (Lipinski definition) is 6. The molecule has 9 heteroatoms. The minimum absolute atomic E-state index is 0.00209. The highest BCUT2D eigenvalue weighted by molar-refractivity contribution is 6.04. The molecule has 5 heterocycles. The molecule has 1 aliphatic rings. The van der Waals surface area contributed by atoms with Crippen LogP contribution >= 0.6 is 0 Å². The molecular formula is C22H20N8O. The quantitative estimate of drug-likeness (QED) is 0.487. The van der Waals surface area contributed by atoms with Crippen LogP contribution in [-0.4, -0.2) is 47.0 Å². The molecule has 31 heavy (non-hydrogen) atoms. The van der Waals surface area contributed by atoms with Gasteiger partial charge in [0.25, 0.3) is 0 Å². The number of nitrogens with zero attached hydrogens (tertiary/aromatic N) is 7. The van der Waals surface area contributed by atoms with Crippen molar-refractivity contribution in [3.8, 4) is 16.9 Å². The Morgan fingerprint density at radius 2 is 2.00 bits per heavy atom. The molecule has 1 N–H and O–H groups in total. The van der Waals surface area contributed by atoms with E-state index in [2.05, 4.69) is 31.4 Å². The molecule has 9 nitrogen and oxygen atoms in total. The molecule has 1 atom stereocenters. The molecule has 0 saturated carbocycles. The maximum atomic E-state index is 13.1. The van der Waals surface area contributed by atoms with Gasteiger partial charge < -0.3 is 5.32 Å². The minimum Gasteiger partial charge on any atom is -0.315 e. The average Bonchev–Trinajstić information content (AvgIpc) is 3.56. The summed E-state index contributed by atoms with van der Waals surface area (Å²) in [5.74, 6) is 0.705. The van der Waals surface area contributed by atoms with Crippen molar-refractivity contribution in [2.45, 2.75) is 12.5 Å². The van der Waals surface area contributed by atoms with Crippen LogP contribution in [0.3, 0.4) is 0 Å². The molecule has 1 aromatic carbocycles. The van der Waals surface area contributed by atoms with Crippen LogP contribution < -0.4 is 11.0 Å². The number of nitrogens with one attached hydrogen (secondary N) is 1. The second-order valence-corrected chi connectivity index (χ2v) is 7.83. The molecular weight excluding hydrogens is 392 g/mol. The lowest BCUT2D eigenvalue weighted by Gasteiger charge is -2.12. The van der Waals surface area contributed by atoms with Crippen LogP contribution in [0, 0.1) is 0 Å². The Morgan fingerprint density at radius 3 is 2.74 bits per heavy atom. The SMILES string of the molecule is Cn1c(=O)n([C@H]2CCNC2)c2c3cc(-c4ccc(-n5cncn5)nc4)ccc3ncc21. The number of fused-ring (bicyclic) bond motifs is 3. The first kappa shape index (κ1) is 18.0. The zero-order valence-electron chi connectivity index (χ0n) is 16.9. The van der Waals surface area contributed by atoms with Gasteiger partial charge in [0.2, 0.25) is 0 Å². The van der Waals surface area contributed by atoms with Crippen LogP contribution in [0.15, 0.2) is 60.2 Å². The molecule has 0 spiro atoms. The maximum Gasteiger partial charge on any atom is 0.329 e. The van der Waals surface area contributed by atoms with Gasteiger partial charge in [-0.25, -0.2) is 19.4 Å². The summed E-state index contributed by atoms with van der Waals surface area (Å²) in [4.78, 5) is 26.2. The monoisotopic (exact) mass is 412 g/mol. The normalized spacial score (nSPS) is 16.5. The molecule has 1 aliphatic heterocycles. The second kappa shape index (κ2) is 6.85. The van der Waals surface area contributed by atoms with Crippen molar-refractivity contribution in [3.63, 3.8) is 0 Å². The fourth-order valence-corrected chi connectivity index (χ4v) is 4.42. The molecule has 0 aliphatic carbocycles. The Bertz CT molecular complexity index is 1460. The van der Waals surface area contributed by atoms with Gasteiger partial charge in [0.15, 0.2) is 5.82 Å². The predicted octanol–water partition coefficient (Wildman–Crippen LogP) is 2.07. The predicted molar refractivity (Wildman–Crippen MR) is 117 cm³/mol. The molecule has 0 bridgehead atoms. The van der Waals surface area contributed by atoms with Crippen LogP contribution in [0.5, 0.6) is 0 Å². The lowest BCUT2D eigenvalue weighted by atomic mass is 10.0. The summed E-state index contributed by atoms with van der Waals surface area (Å²) in [7, 11) is 1.81. The summed E-state index contributed by atoms with van der Waals surface area (Å²) in [5, 5.41) is 8.46. The van der Waals surface area contributed by atoms with E-state index in [4.69, 9.17) is 0 Å². The number of imidazole rings is 1. The van der Waals surface area contributed by atoms with Crippen molar-refractivity contribution in [2.75, 3.05) is 13.1 Å². The lowest BCUT2D eigenvalue weighted by Crippen LogP contribution is -2.27. The summed E-state index contributed by atoms with van der Waals surface area (Å²) in [6.07, 6.45) is 7.66. The Labute approximate surface area is 177 Å². The fourth-order valence-electron chi connectivity index (χ4n) is 4.42. The van der Waals surface area contributed by atoms with Crippen LogP contribution in [0.2, 0.25) is 0 Å². The first-order valence-electron chi connectivity index (χ1n) is 10.2. The second-order valence-electron chi connectivity index (χ2n) is 7.83. The highest BCUT2D eigenvalue weighted by Crippen LogP contribution is 2.30. The number of hydrogen-bond donors (Lipinski definition) is 1. The van der Waals surface area contributed by atoms with E-state index in [1.165, 1.54) is 6.33 Å². The topological polar surface area (TPSA) is 95.5 Å². The molecule has 5 aromatic rings. The standard InChI is InChI=1S/C22H20N8O/c1-28-19-11-25-18-4-2-14(15-3-5-20(26-9-15)29-13-24-12-27-29)8-17(18)21(19)30(22(28)31)16-6-7-23-10-16/h2-5,8-9,11-13,16,23H,6-7,10H2,1H3/t16-/m0/s1. The number of benzene rings is 1. The smallest absolute Gasteiger partial charge is 0.315 e. The summed E-state index contributed by atoms with van der Waals surface area (Å²) in [6.45, 7) is 1.72. The minimum atomic E-state index is 0.00209. The van der Waals surface area contributed by atoms with Gasteiger partial charge in [-0.3, -0.25) is 14.1 Å². The lowest BCUT2D eigenvalue weighted by molar-refractivity contribution is 0.536. The highest BCUT2D eigenvalue weighted by Gasteiger charge is 2.24. The van der Waals surface area contributed by atoms with Crippen molar-refractivity contribution in [1.29, 1.82) is 0 Å². The van der Waals surface area contributed by atoms with Crippen molar-refractivity contribution >= 4 is 21.9 Å². The van der Waals surface area contributed by atoms with E-state index in [-0.39, 0.29) is 11.7 Å². The number of rotatable bonds is 3. The number of pyridine rings is 2. The first-order valence-corrected chi connectivity index (χ1v) is 10.2. The van der Waals surface area contributed by atoms with E-state index in [9.17, 15) is 4.79 Å². The van der Waals surface area contributed by atoms with Gasteiger partial charge in [0, 0.05) is 30.7 Å². The number of aryl methyl sites for hydroxylation is 1. The number of aromatic nitrogens is 7. The molecule has 0 unspecified atom stereocenters. The van der Waals surface area contributed by atoms with Crippen molar-refractivity contribution in [1.82, 2.24) is 39.2 Å². The van der Waals surface area contributed by atoms with Crippen molar-refractivity contribution in [3.05, 3.63) is 65.9 Å². The van der Waals surface area contributed by atoms with Gasteiger partial charge in [0.1, 0.15) is 12.7 Å². The van der Waals surface area contributed by atoms with Crippen molar-refractivity contribution in [2.24, 2.45) is 7.05 Å². The average molecular weight is 412 g/mol. The molecule has 1 fully saturated rings. The summed E-state index contributed by atoms with van der Waals surface area (Å²) < 4.78 is 5.26. The Morgan fingerprint density at radius 1 is 1.10 bits per heavy atom. The molecule has 0 radical (unpaired) electrons. The van der Waals surface area contributed by atoms with E-state index in [1.807, 2.05) is 42.1 Å². The first-order chi connectivity index (χ1) is 15.2. The summed E-state index contributed by atoms with van der Waals surface area (Å²) in [5.41, 5.74) is 4.67.